The van der Waals surface area contributed by atoms with Crippen molar-refractivity contribution >= 4 is 0 Å². The van der Waals surface area contributed by atoms with E-state index in [9.17, 15) is 15.3 Å². The molecule has 0 radical (unpaired) electrons. The summed E-state index contributed by atoms with van der Waals surface area (Å²) in [6.07, 6.45) is 0. The molecular weight excluding hydrogens is 188 g/mol. The van der Waals surface area contributed by atoms with E-state index in [0.717, 1.165) is 0 Å². The van der Waals surface area contributed by atoms with Crippen molar-refractivity contribution in [2.45, 2.75) is 50.3 Å². The van der Waals surface area contributed by atoms with Crippen LogP contribution in [0.5, 0.6) is 0 Å². The van der Waals surface area contributed by atoms with Crippen LogP contribution < -0.4 is 0 Å². The Morgan fingerprint density at radius 1 is 0.929 bits per heavy atom. The van der Waals surface area contributed by atoms with E-state index in [1.165, 1.54) is 27.7 Å². The van der Waals surface area contributed by atoms with Gasteiger partial charge in [-0.3, -0.25) is 0 Å². The fourth-order valence-corrected chi connectivity index (χ4v) is 1.77. The summed E-state index contributed by atoms with van der Waals surface area (Å²) in [5.41, 5.74) is -4.73. The maximum absolute atomic E-state index is 10.1. The number of ether oxygens (including phenoxy) is 1. The van der Waals surface area contributed by atoms with Gasteiger partial charge in [0.05, 0.1) is 5.60 Å². The van der Waals surface area contributed by atoms with Gasteiger partial charge in [-0.1, -0.05) is 0 Å². The third-order valence-electron chi connectivity index (χ3n) is 3.52. The monoisotopic (exact) mass is 206 g/mol. The maximum Gasteiger partial charge on any atom is 0.222 e. The molecule has 4 N–H and O–H groups in total. The molecule has 3 atom stereocenters. The van der Waals surface area contributed by atoms with Gasteiger partial charge in [0.15, 0.2) is 0 Å². The normalized spacial score (nSPS) is 52.3. The van der Waals surface area contributed by atoms with Crippen LogP contribution in [0.25, 0.3) is 0 Å². The number of hydrogen-bond acceptors (Lipinski definition) is 5. The van der Waals surface area contributed by atoms with Crippen molar-refractivity contribution in [3.05, 3.63) is 0 Å². The molecule has 1 saturated heterocycles. The van der Waals surface area contributed by atoms with Crippen molar-refractivity contribution in [2.24, 2.45) is 0 Å². The molecule has 84 valence electrons. The molecule has 0 bridgehead atoms. The van der Waals surface area contributed by atoms with Crippen molar-refractivity contribution in [3.8, 4) is 0 Å². The van der Waals surface area contributed by atoms with Gasteiger partial charge in [-0.25, -0.2) is 0 Å². The summed E-state index contributed by atoms with van der Waals surface area (Å²) in [5.74, 6) is -2.14. The second kappa shape index (κ2) is 2.68. The second-order valence-electron chi connectivity index (χ2n) is 4.70. The van der Waals surface area contributed by atoms with Crippen LogP contribution in [0.15, 0.2) is 0 Å². The minimum atomic E-state index is -2.14. The van der Waals surface area contributed by atoms with Crippen LogP contribution >= 0.6 is 0 Å². The Morgan fingerprint density at radius 3 is 1.50 bits per heavy atom. The van der Waals surface area contributed by atoms with E-state index in [1.807, 2.05) is 0 Å². The van der Waals surface area contributed by atoms with E-state index < -0.39 is 29.2 Å². The Labute approximate surface area is 82.9 Å². The predicted octanol–water partition coefficient (Wildman–Crippen LogP) is -1.02. The van der Waals surface area contributed by atoms with E-state index in [4.69, 9.17) is 9.84 Å². The van der Waals surface area contributed by atoms with Crippen molar-refractivity contribution < 1.29 is 25.2 Å². The van der Waals surface area contributed by atoms with Crippen LogP contribution in [0.2, 0.25) is 0 Å². The van der Waals surface area contributed by atoms with Gasteiger partial charge >= 0.3 is 0 Å². The first-order chi connectivity index (χ1) is 6.02. The van der Waals surface area contributed by atoms with Crippen molar-refractivity contribution in [1.29, 1.82) is 0 Å². The fourth-order valence-electron chi connectivity index (χ4n) is 1.77. The molecule has 1 aliphatic rings. The lowest BCUT2D eigenvalue weighted by molar-refractivity contribution is -0.287. The molecule has 3 unspecified atom stereocenters. The Hall–Kier alpha value is -0.200. The lowest BCUT2D eigenvalue weighted by atomic mass is 9.74. The molecule has 1 aliphatic heterocycles. The zero-order valence-corrected chi connectivity index (χ0v) is 8.90. The number of rotatable bonds is 1. The SMILES string of the molecule is CC1(C)OC(O)(CO)C(C)(O)C1(C)O. The largest absolute Gasteiger partial charge is 0.391 e. The zero-order valence-electron chi connectivity index (χ0n) is 8.90. The topological polar surface area (TPSA) is 90.2 Å². The van der Waals surface area contributed by atoms with Gasteiger partial charge in [-0.2, -0.15) is 0 Å². The van der Waals surface area contributed by atoms with Crippen LogP contribution in [-0.4, -0.2) is 49.6 Å². The molecule has 0 aliphatic carbocycles. The van der Waals surface area contributed by atoms with Gasteiger partial charge in [-0.05, 0) is 27.7 Å². The van der Waals surface area contributed by atoms with E-state index in [0.29, 0.717) is 0 Å². The minimum Gasteiger partial charge on any atom is -0.391 e. The Morgan fingerprint density at radius 2 is 1.36 bits per heavy atom. The highest BCUT2D eigenvalue weighted by Gasteiger charge is 2.71. The molecule has 1 heterocycles. The molecule has 0 aromatic carbocycles. The molecule has 1 fully saturated rings. The Bertz CT molecular complexity index is 246. The van der Waals surface area contributed by atoms with E-state index in [1.54, 1.807) is 0 Å². The average Bonchev–Trinajstić information content (AvgIpc) is 2.09. The summed E-state index contributed by atoms with van der Waals surface area (Å²) in [6.45, 7) is 4.89. The molecule has 5 heteroatoms. The highest BCUT2D eigenvalue weighted by molar-refractivity contribution is 5.17. The Balaban J connectivity index is 3.25. The van der Waals surface area contributed by atoms with Gasteiger partial charge in [-0.15, -0.1) is 0 Å². The van der Waals surface area contributed by atoms with Crippen molar-refractivity contribution in [3.63, 3.8) is 0 Å². The highest BCUT2D eigenvalue weighted by Crippen LogP contribution is 2.50. The molecule has 1 rings (SSSR count). The highest BCUT2D eigenvalue weighted by atomic mass is 16.7. The van der Waals surface area contributed by atoms with E-state index in [-0.39, 0.29) is 0 Å². The number of aliphatic hydroxyl groups is 4. The fraction of sp³-hybridized carbons (Fsp3) is 1.00. The third kappa shape index (κ3) is 1.07. The van der Waals surface area contributed by atoms with Gasteiger partial charge in [0.2, 0.25) is 5.79 Å². The molecule has 0 aromatic heterocycles. The van der Waals surface area contributed by atoms with E-state index in [2.05, 4.69) is 0 Å². The number of hydrogen-bond donors (Lipinski definition) is 4. The second-order valence-corrected chi connectivity index (χ2v) is 4.70. The third-order valence-corrected chi connectivity index (χ3v) is 3.52. The average molecular weight is 206 g/mol. The van der Waals surface area contributed by atoms with Crippen LogP contribution in [0, 0.1) is 0 Å². The summed E-state index contributed by atoms with van der Waals surface area (Å²) in [6, 6.07) is 0. The van der Waals surface area contributed by atoms with Crippen molar-refractivity contribution in [1.82, 2.24) is 0 Å². The maximum atomic E-state index is 10.1. The minimum absolute atomic E-state index is 0.778. The predicted molar refractivity (Wildman–Crippen MR) is 48.4 cm³/mol. The molecular formula is C9H18O5. The zero-order chi connectivity index (χ0) is 11.4. The molecule has 5 nitrogen and oxygen atoms in total. The van der Waals surface area contributed by atoms with Crippen LogP contribution in [0.3, 0.4) is 0 Å². The van der Waals surface area contributed by atoms with E-state index >= 15 is 0 Å². The van der Waals surface area contributed by atoms with Crippen molar-refractivity contribution in [2.75, 3.05) is 6.61 Å². The number of aliphatic hydroxyl groups excluding tert-OH is 1. The Kier molecular flexibility index (Phi) is 2.27. The summed E-state index contributed by atoms with van der Waals surface area (Å²) in [7, 11) is 0. The quantitative estimate of drug-likeness (QED) is 0.441. The smallest absolute Gasteiger partial charge is 0.222 e. The van der Waals surface area contributed by atoms with Gasteiger partial charge in [0, 0.05) is 0 Å². The summed E-state index contributed by atoms with van der Waals surface area (Å²) in [5, 5.41) is 38.9. The lowest BCUT2D eigenvalue weighted by Crippen LogP contribution is -2.63. The van der Waals surface area contributed by atoms with Crippen LogP contribution in [0.4, 0.5) is 0 Å². The molecule has 0 saturated carbocycles. The standard InChI is InChI=1S/C9H18O5/c1-6(2)7(3,11)8(4,12)9(13,5-10)14-6/h10-13H,5H2,1-4H3. The van der Waals surface area contributed by atoms with Crippen LogP contribution in [0.1, 0.15) is 27.7 Å². The van der Waals surface area contributed by atoms with Gasteiger partial charge in [0.25, 0.3) is 0 Å². The first kappa shape index (κ1) is 11.9. The summed E-state index contributed by atoms with van der Waals surface area (Å²) < 4.78 is 5.12. The molecule has 0 spiro atoms. The summed E-state index contributed by atoms with van der Waals surface area (Å²) >= 11 is 0. The molecule has 0 aromatic rings. The van der Waals surface area contributed by atoms with Crippen LogP contribution in [-0.2, 0) is 4.74 Å². The van der Waals surface area contributed by atoms with Gasteiger partial charge in [0.1, 0.15) is 17.8 Å². The molecule has 14 heavy (non-hydrogen) atoms. The first-order valence-electron chi connectivity index (χ1n) is 4.50. The molecule has 0 amide bonds. The first-order valence-corrected chi connectivity index (χ1v) is 4.50. The lowest BCUT2D eigenvalue weighted by Gasteiger charge is -2.39. The van der Waals surface area contributed by atoms with Gasteiger partial charge < -0.3 is 25.2 Å². The summed E-state index contributed by atoms with van der Waals surface area (Å²) in [4.78, 5) is 0.